The second kappa shape index (κ2) is 7.29. The summed E-state index contributed by atoms with van der Waals surface area (Å²) in [7, 11) is 1.61. The van der Waals surface area contributed by atoms with Gasteiger partial charge in [-0.1, -0.05) is 0 Å². The molecule has 1 aromatic carbocycles. The van der Waals surface area contributed by atoms with Crippen molar-refractivity contribution in [3.05, 3.63) is 28.2 Å². The van der Waals surface area contributed by atoms with Gasteiger partial charge < -0.3 is 15.4 Å². The Morgan fingerprint density at radius 3 is 2.75 bits per heavy atom. The van der Waals surface area contributed by atoms with Gasteiger partial charge in [0.25, 0.3) is 5.91 Å². The van der Waals surface area contributed by atoms with Gasteiger partial charge in [-0.15, -0.1) is 12.4 Å². The van der Waals surface area contributed by atoms with E-state index in [4.69, 9.17) is 10.5 Å². The number of amides is 1. The highest BCUT2D eigenvalue weighted by Gasteiger charge is 2.32. The topological polar surface area (TPSA) is 55.6 Å². The SMILES string of the molecule is COc1ccc(C(=O)N2CC(CN)CC2C)cc1Br.Cl. The number of nitrogens with zero attached hydrogens (tertiary/aromatic N) is 1. The van der Waals surface area contributed by atoms with Crippen molar-refractivity contribution >= 4 is 34.2 Å². The van der Waals surface area contributed by atoms with Crippen LogP contribution in [0.5, 0.6) is 5.75 Å². The molecule has 2 N–H and O–H groups in total. The third-order valence-corrected chi connectivity index (χ3v) is 4.27. The van der Waals surface area contributed by atoms with Gasteiger partial charge in [0, 0.05) is 18.2 Å². The van der Waals surface area contributed by atoms with E-state index in [1.54, 1.807) is 19.2 Å². The van der Waals surface area contributed by atoms with Crippen LogP contribution < -0.4 is 10.5 Å². The fourth-order valence-corrected chi connectivity index (χ4v) is 3.10. The van der Waals surface area contributed by atoms with Crippen LogP contribution in [0.25, 0.3) is 0 Å². The Balaban J connectivity index is 0.00000200. The van der Waals surface area contributed by atoms with Gasteiger partial charge in [0.05, 0.1) is 11.6 Å². The first-order chi connectivity index (χ1) is 9.06. The molecule has 1 fully saturated rings. The Labute approximate surface area is 134 Å². The van der Waals surface area contributed by atoms with Crippen molar-refractivity contribution in [1.82, 2.24) is 4.90 Å². The van der Waals surface area contributed by atoms with E-state index < -0.39 is 0 Å². The average Bonchev–Trinajstić information content (AvgIpc) is 2.79. The van der Waals surface area contributed by atoms with E-state index in [9.17, 15) is 4.79 Å². The van der Waals surface area contributed by atoms with E-state index in [0.29, 0.717) is 18.0 Å². The van der Waals surface area contributed by atoms with Gasteiger partial charge in [-0.2, -0.15) is 0 Å². The molecule has 1 aromatic rings. The van der Waals surface area contributed by atoms with Gasteiger partial charge in [-0.25, -0.2) is 0 Å². The van der Waals surface area contributed by atoms with Gasteiger partial charge in [-0.05, 0) is 59.9 Å². The Morgan fingerprint density at radius 2 is 2.25 bits per heavy atom. The lowest BCUT2D eigenvalue weighted by atomic mass is 10.1. The van der Waals surface area contributed by atoms with Crippen LogP contribution in [0.4, 0.5) is 0 Å². The normalized spacial score (nSPS) is 21.5. The van der Waals surface area contributed by atoms with Crippen molar-refractivity contribution in [2.24, 2.45) is 11.7 Å². The third kappa shape index (κ3) is 3.45. The lowest BCUT2D eigenvalue weighted by Gasteiger charge is -2.22. The Hall–Kier alpha value is -0.780. The molecule has 112 valence electrons. The fraction of sp³-hybridized carbons (Fsp3) is 0.500. The van der Waals surface area contributed by atoms with E-state index in [-0.39, 0.29) is 24.4 Å². The highest BCUT2D eigenvalue weighted by Crippen LogP contribution is 2.28. The molecule has 2 atom stereocenters. The molecule has 0 spiro atoms. The molecule has 0 aromatic heterocycles. The zero-order valence-corrected chi connectivity index (χ0v) is 14.0. The first kappa shape index (κ1) is 17.3. The number of benzene rings is 1. The van der Waals surface area contributed by atoms with Gasteiger partial charge in [-0.3, -0.25) is 4.79 Å². The number of carbonyl (C=O) groups is 1. The zero-order valence-electron chi connectivity index (χ0n) is 11.6. The molecule has 2 unspecified atom stereocenters. The molecule has 1 saturated heterocycles. The Bertz CT molecular complexity index is 484. The standard InChI is InChI=1S/C14H19BrN2O2.ClH/c1-9-5-10(7-16)8-17(9)14(18)11-3-4-13(19-2)12(15)6-11;/h3-4,6,9-10H,5,7-8,16H2,1-2H3;1H. The van der Waals surface area contributed by atoms with Crippen LogP contribution >= 0.6 is 28.3 Å². The zero-order chi connectivity index (χ0) is 14.0. The lowest BCUT2D eigenvalue weighted by Crippen LogP contribution is -2.34. The van der Waals surface area contributed by atoms with Crippen molar-refractivity contribution in [3.63, 3.8) is 0 Å². The highest BCUT2D eigenvalue weighted by atomic mass is 79.9. The summed E-state index contributed by atoms with van der Waals surface area (Å²) in [5, 5.41) is 0. The molecule has 1 aliphatic rings. The summed E-state index contributed by atoms with van der Waals surface area (Å²) >= 11 is 3.41. The molecule has 1 aliphatic heterocycles. The monoisotopic (exact) mass is 362 g/mol. The van der Waals surface area contributed by atoms with E-state index >= 15 is 0 Å². The molecule has 0 radical (unpaired) electrons. The smallest absolute Gasteiger partial charge is 0.254 e. The summed E-state index contributed by atoms with van der Waals surface area (Å²) in [6.45, 7) is 3.46. The summed E-state index contributed by atoms with van der Waals surface area (Å²) in [6.07, 6.45) is 0.986. The minimum atomic E-state index is 0. The summed E-state index contributed by atoms with van der Waals surface area (Å²) in [5.74, 6) is 1.21. The maximum atomic E-state index is 12.5. The van der Waals surface area contributed by atoms with E-state index in [2.05, 4.69) is 22.9 Å². The number of methoxy groups -OCH3 is 1. The fourth-order valence-electron chi connectivity index (χ4n) is 2.56. The van der Waals surface area contributed by atoms with Gasteiger partial charge in [0.15, 0.2) is 0 Å². The van der Waals surface area contributed by atoms with Crippen LogP contribution in [-0.2, 0) is 0 Å². The summed E-state index contributed by atoms with van der Waals surface area (Å²) in [5.41, 5.74) is 6.38. The Kier molecular flexibility index (Phi) is 6.30. The quantitative estimate of drug-likeness (QED) is 0.898. The van der Waals surface area contributed by atoms with Crippen molar-refractivity contribution < 1.29 is 9.53 Å². The Morgan fingerprint density at radius 1 is 1.55 bits per heavy atom. The molecule has 2 rings (SSSR count). The molecule has 20 heavy (non-hydrogen) atoms. The van der Waals surface area contributed by atoms with E-state index in [1.165, 1.54) is 0 Å². The van der Waals surface area contributed by atoms with E-state index in [1.807, 2.05) is 11.0 Å². The number of halogens is 2. The minimum absolute atomic E-state index is 0. The highest BCUT2D eigenvalue weighted by molar-refractivity contribution is 9.10. The third-order valence-electron chi connectivity index (χ3n) is 3.65. The average molecular weight is 364 g/mol. The van der Waals surface area contributed by atoms with Crippen molar-refractivity contribution in [3.8, 4) is 5.75 Å². The van der Waals surface area contributed by atoms with Crippen LogP contribution in [-0.4, -0.2) is 37.0 Å². The van der Waals surface area contributed by atoms with Crippen LogP contribution in [0, 0.1) is 5.92 Å². The van der Waals surface area contributed by atoms with Gasteiger partial charge in [0.1, 0.15) is 5.75 Å². The summed E-state index contributed by atoms with van der Waals surface area (Å²) in [6, 6.07) is 5.67. The largest absolute Gasteiger partial charge is 0.496 e. The van der Waals surface area contributed by atoms with E-state index in [0.717, 1.165) is 23.2 Å². The summed E-state index contributed by atoms with van der Waals surface area (Å²) < 4.78 is 5.97. The van der Waals surface area contributed by atoms with Gasteiger partial charge in [0.2, 0.25) is 0 Å². The first-order valence-corrected chi connectivity index (χ1v) is 7.20. The number of nitrogens with two attached hydrogens (primary N) is 1. The maximum absolute atomic E-state index is 12.5. The minimum Gasteiger partial charge on any atom is -0.496 e. The van der Waals surface area contributed by atoms with Crippen LogP contribution in [0.15, 0.2) is 22.7 Å². The maximum Gasteiger partial charge on any atom is 0.254 e. The molecule has 0 bridgehead atoms. The molecule has 6 heteroatoms. The number of ether oxygens (including phenoxy) is 1. The first-order valence-electron chi connectivity index (χ1n) is 6.41. The number of hydrogen-bond donors (Lipinski definition) is 1. The van der Waals surface area contributed by atoms with Crippen LogP contribution in [0.1, 0.15) is 23.7 Å². The number of rotatable bonds is 3. The van der Waals surface area contributed by atoms with Gasteiger partial charge >= 0.3 is 0 Å². The molecule has 1 heterocycles. The molecular weight excluding hydrogens is 344 g/mol. The molecule has 4 nitrogen and oxygen atoms in total. The van der Waals surface area contributed by atoms with Crippen LogP contribution in [0.2, 0.25) is 0 Å². The molecular formula is C14H20BrClN2O2. The second-order valence-corrected chi connectivity index (χ2v) is 5.85. The predicted octanol–water partition coefficient (Wildman–Crippen LogP) is 2.69. The molecule has 0 aliphatic carbocycles. The summed E-state index contributed by atoms with van der Waals surface area (Å²) in [4.78, 5) is 14.4. The van der Waals surface area contributed by atoms with Crippen molar-refractivity contribution in [2.75, 3.05) is 20.2 Å². The number of hydrogen-bond acceptors (Lipinski definition) is 3. The number of carbonyl (C=O) groups excluding carboxylic acids is 1. The van der Waals surface area contributed by atoms with Crippen molar-refractivity contribution in [2.45, 2.75) is 19.4 Å². The molecule has 1 amide bonds. The second-order valence-electron chi connectivity index (χ2n) is 4.99. The van der Waals surface area contributed by atoms with Crippen LogP contribution in [0.3, 0.4) is 0 Å². The lowest BCUT2D eigenvalue weighted by molar-refractivity contribution is 0.0743. The predicted molar refractivity (Wildman–Crippen MR) is 85.6 cm³/mol. The van der Waals surface area contributed by atoms with Crippen molar-refractivity contribution in [1.29, 1.82) is 0 Å². The number of likely N-dealkylation sites (tertiary alicyclic amines) is 1. The molecule has 0 saturated carbocycles.